The van der Waals surface area contributed by atoms with E-state index in [-0.39, 0.29) is 18.2 Å². The molecule has 5 heteroatoms. The zero-order valence-electron chi connectivity index (χ0n) is 11.8. The number of carbonyl (C=O) groups is 2. The van der Waals surface area contributed by atoms with Crippen LogP contribution in [0.5, 0.6) is 0 Å². The van der Waals surface area contributed by atoms with Gasteiger partial charge < -0.3 is 10.4 Å². The third-order valence-electron chi connectivity index (χ3n) is 3.22. The van der Waals surface area contributed by atoms with Gasteiger partial charge in [-0.2, -0.15) is 0 Å². The molecule has 1 unspecified atom stereocenters. The first-order valence-electron chi connectivity index (χ1n) is 6.66. The van der Waals surface area contributed by atoms with Crippen molar-refractivity contribution in [1.82, 2.24) is 5.32 Å². The fraction of sp³-hybridized carbons (Fsp3) is 0.467. The smallest absolute Gasteiger partial charge is 0.303 e. The molecule has 1 aromatic rings. The molecule has 0 heterocycles. The summed E-state index contributed by atoms with van der Waals surface area (Å²) in [7, 11) is 0. The molecule has 0 aliphatic rings. The molecule has 1 amide bonds. The topological polar surface area (TPSA) is 66.4 Å². The Labute approximate surface area is 124 Å². The van der Waals surface area contributed by atoms with E-state index in [2.05, 4.69) is 5.32 Å². The molecule has 0 saturated heterocycles. The first-order chi connectivity index (χ1) is 9.40. The molecule has 1 atom stereocenters. The Morgan fingerprint density at radius 1 is 1.35 bits per heavy atom. The van der Waals surface area contributed by atoms with Gasteiger partial charge in [0.2, 0.25) is 0 Å². The lowest BCUT2D eigenvalue weighted by molar-refractivity contribution is -0.137. The van der Waals surface area contributed by atoms with Gasteiger partial charge >= 0.3 is 5.97 Å². The highest BCUT2D eigenvalue weighted by Gasteiger charge is 2.10. The molecule has 0 aromatic heterocycles. The van der Waals surface area contributed by atoms with E-state index in [1.807, 2.05) is 19.9 Å². The number of hydrogen-bond acceptors (Lipinski definition) is 2. The van der Waals surface area contributed by atoms with Gasteiger partial charge in [-0.3, -0.25) is 9.59 Å². The number of amides is 1. The maximum atomic E-state index is 12.0. The average Bonchev–Trinajstić information content (AvgIpc) is 2.39. The molecule has 0 bridgehead atoms. The number of carboxylic acid groups (broad SMARTS) is 1. The molecule has 1 rings (SSSR count). The lowest BCUT2D eigenvalue weighted by Crippen LogP contribution is -2.26. The minimum Gasteiger partial charge on any atom is -0.481 e. The van der Waals surface area contributed by atoms with E-state index in [0.29, 0.717) is 23.6 Å². The fourth-order valence-corrected chi connectivity index (χ4v) is 2.05. The van der Waals surface area contributed by atoms with Gasteiger partial charge in [0.25, 0.3) is 5.91 Å². The van der Waals surface area contributed by atoms with Crippen LogP contribution in [0.3, 0.4) is 0 Å². The number of hydrogen-bond donors (Lipinski definition) is 2. The van der Waals surface area contributed by atoms with Crippen LogP contribution in [0.4, 0.5) is 0 Å². The van der Waals surface area contributed by atoms with E-state index < -0.39 is 5.97 Å². The molecule has 0 aliphatic heterocycles. The summed E-state index contributed by atoms with van der Waals surface area (Å²) in [6.45, 7) is 4.38. The molecule has 4 nitrogen and oxygen atoms in total. The van der Waals surface area contributed by atoms with Gasteiger partial charge in [0, 0.05) is 23.6 Å². The van der Waals surface area contributed by atoms with Crippen LogP contribution in [-0.2, 0) is 4.79 Å². The van der Waals surface area contributed by atoms with E-state index >= 15 is 0 Å². The summed E-state index contributed by atoms with van der Waals surface area (Å²) in [5.74, 6) is -0.655. The van der Waals surface area contributed by atoms with E-state index in [0.717, 1.165) is 12.0 Å². The van der Waals surface area contributed by atoms with Crippen LogP contribution in [-0.4, -0.2) is 23.5 Å². The SMILES string of the molecule is Cc1ccc(Cl)cc1C(=O)NCCC(C)CCC(=O)O. The molecule has 1 aromatic carbocycles. The minimum atomic E-state index is -0.782. The van der Waals surface area contributed by atoms with Gasteiger partial charge in [-0.05, 0) is 43.4 Å². The monoisotopic (exact) mass is 297 g/mol. The van der Waals surface area contributed by atoms with Gasteiger partial charge in [0.1, 0.15) is 0 Å². The van der Waals surface area contributed by atoms with Crippen LogP contribution in [0.1, 0.15) is 42.1 Å². The molecule has 0 radical (unpaired) electrons. The van der Waals surface area contributed by atoms with Gasteiger partial charge in [-0.25, -0.2) is 0 Å². The summed E-state index contributed by atoms with van der Waals surface area (Å²) in [6.07, 6.45) is 1.56. The second-order valence-electron chi connectivity index (χ2n) is 5.04. The Hall–Kier alpha value is -1.55. The molecule has 0 fully saturated rings. The summed E-state index contributed by atoms with van der Waals surface area (Å²) in [5, 5.41) is 12.0. The summed E-state index contributed by atoms with van der Waals surface area (Å²) in [5.41, 5.74) is 1.46. The fourth-order valence-electron chi connectivity index (χ4n) is 1.88. The molecule has 2 N–H and O–H groups in total. The second-order valence-corrected chi connectivity index (χ2v) is 5.48. The van der Waals surface area contributed by atoms with Gasteiger partial charge in [-0.1, -0.05) is 24.6 Å². The van der Waals surface area contributed by atoms with E-state index in [9.17, 15) is 9.59 Å². The van der Waals surface area contributed by atoms with Crippen molar-refractivity contribution in [3.63, 3.8) is 0 Å². The predicted octanol–water partition coefficient (Wildman–Crippen LogP) is 3.27. The van der Waals surface area contributed by atoms with Crippen molar-refractivity contribution in [2.45, 2.75) is 33.1 Å². The average molecular weight is 298 g/mol. The highest BCUT2D eigenvalue weighted by Crippen LogP contribution is 2.15. The van der Waals surface area contributed by atoms with Crippen LogP contribution in [0.2, 0.25) is 5.02 Å². The van der Waals surface area contributed by atoms with Crippen molar-refractivity contribution < 1.29 is 14.7 Å². The first-order valence-corrected chi connectivity index (χ1v) is 7.04. The third-order valence-corrected chi connectivity index (χ3v) is 3.45. The summed E-state index contributed by atoms with van der Waals surface area (Å²) in [6, 6.07) is 5.22. The van der Waals surface area contributed by atoms with Crippen molar-refractivity contribution in [3.8, 4) is 0 Å². The van der Waals surface area contributed by atoms with Crippen LogP contribution in [0.25, 0.3) is 0 Å². The van der Waals surface area contributed by atoms with Gasteiger partial charge in [-0.15, -0.1) is 0 Å². The second kappa shape index (κ2) is 7.90. The zero-order chi connectivity index (χ0) is 15.1. The number of aliphatic carboxylic acids is 1. The summed E-state index contributed by atoms with van der Waals surface area (Å²) < 4.78 is 0. The molecule has 0 saturated carbocycles. The Balaban J connectivity index is 2.40. The first kappa shape index (κ1) is 16.5. The number of rotatable bonds is 7. The summed E-state index contributed by atoms with van der Waals surface area (Å²) >= 11 is 5.88. The molecule has 110 valence electrons. The highest BCUT2D eigenvalue weighted by molar-refractivity contribution is 6.31. The van der Waals surface area contributed by atoms with Crippen LogP contribution >= 0.6 is 11.6 Å². The molecule has 0 spiro atoms. The van der Waals surface area contributed by atoms with E-state index in [1.54, 1.807) is 12.1 Å². The number of carboxylic acids is 1. The van der Waals surface area contributed by atoms with Crippen LogP contribution < -0.4 is 5.32 Å². The number of benzene rings is 1. The number of halogens is 1. The Bertz CT molecular complexity index is 488. The number of aryl methyl sites for hydroxylation is 1. The van der Waals surface area contributed by atoms with Crippen molar-refractivity contribution in [3.05, 3.63) is 34.3 Å². The Morgan fingerprint density at radius 3 is 2.70 bits per heavy atom. The quantitative estimate of drug-likeness (QED) is 0.811. The molecular weight excluding hydrogens is 278 g/mol. The number of carbonyl (C=O) groups excluding carboxylic acids is 1. The molecule has 20 heavy (non-hydrogen) atoms. The minimum absolute atomic E-state index is 0.143. The van der Waals surface area contributed by atoms with Crippen molar-refractivity contribution in [2.75, 3.05) is 6.54 Å². The largest absolute Gasteiger partial charge is 0.481 e. The Morgan fingerprint density at radius 2 is 2.05 bits per heavy atom. The van der Waals surface area contributed by atoms with E-state index in [4.69, 9.17) is 16.7 Å². The van der Waals surface area contributed by atoms with E-state index in [1.165, 1.54) is 0 Å². The zero-order valence-corrected chi connectivity index (χ0v) is 12.5. The van der Waals surface area contributed by atoms with Gasteiger partial charge in [0.15, 0.2) is 0 Å². The molecular formula is C15H20ClNO3. The standard InChI is InChI=1S/C15H20ClNO3/c1-10(3-6-14(18)19)7-8-17-15(20)13-9-12(16)5-4-11(13)2/h4-5,9-10H,3,6-8H2,1-2H3,(H,17,20)(H,18,19). The lowest BCUT2D eigenvalue weighted by Gasteiger charge is -2.12. The predicted molar refractivity (Wildman–Crippen MR) is 79.2 cm³/mol. The molecule has 0 aliphatic carbocycles. The van der Waals surface area contributed by atoms with Crippen molar-refractivity contribution in [1.29, 1.82) is 0 Å². The summed E-state index contributed by atoms with van der Waals surface area (Å²) in [4.78, 5) is 22.5. The lowest BCUT2D eigenvalue weighted by atomic mass is 10.0. The Kier molecular flexibility index (Phi) is 6.52. The van der Waals surface area contributed by atoms with Crippen LogP contribution in [0.15, 0.2) is 18.2 Å². The number of nitrogens with one attached hydrogen (secondary N) is 1. The van der Waals surface area contributed by atoms with Crippen molar-refractivity contribution >= 4 is 23.5 Å². The normalized spacial score (nSPS) is 11.9. The third kappa shape index (κ3) is 5.61. The maximum Gasteiger partial charge on any atom is 0.303 e. The van der Waals surface area contributed by atoms with Crippen LogP contribution in [0, 0.1) is 12.8 Å². The van der Waals surface area contributed by atoms with Crippen molar-refractivity contribution in [2.24, 2.45) is 5.92 Å². The maximum absolute atomic E-state index is 12.0. The highest BCUT2D eigenvalue weighted by atomic mass is 35.5. The van der Waals surface area contributed by atoms with Gasteiger partial charge in [0.05, 0.1) is 0 Å².